The number of rotatable bonds is 4. The fraction of sp³-hybridized carbons (Fsp3) is 0.200. The van der Waals surface area contributed by atoms with Crippen molar-refractivity contribution in [3.63, 3.8) is 0 Å². The van der Waals surface area contributed by atoms with E-state index in [-0.39, 0.29) is 17.5 Å². The molecule has 0 aliphatic rings. The summed E-state index contributed by atoms with van der Waals surface area (Å²) < 4.78 is 33.8. The zero-order chi connectivity index (χ0) is 14.7. The highest BCUT2D eigenvalue weighted by molar-refractivity contribution is 9.10. The van der Waals surface area contributed by atoms with Crippen LogP contribution in [-0.2, 0) is 0 Å². The van der Waals surface area contributed by atoms with E-state index in [1.165, 1.54) is 18.2 Å². The molecule has 0 fully saturated rings. The van der Waals surface area contributed by atoms with Gasteiger partial charge in [-0.3, -0.25) is 0 Å². The van der Waals surface area contributed by atoms with Crippen LogP contribution in [0, 0.1) is 11.6 Å². The highest BCUT2D eigenvalue weighted by Gasteiger charge is 2.17. The normalized spacial score (nSPS) is 12.2. The molecule has 2 aromatic rings. The van der Waals surface area contributed by atoms with E-state index in [1.54, 1.807) is 25.2 Å². The summed E-state index contributed by atoms with van der Waals surface area (Å²) in [6, 6.07) is 8.81. The van der Waals surface area contributed by atoms with Crippen molar-refractivity contribution in [3.8, 4) is 11.5 Å². The van der Waals surface area contributed by atoms with Crippen LogP contribution in [0.2, 0.25) is 0 Å². The quantitative estimate of drug-likeness (QED) is 0.862. The average molecular weight is 342 g/mol. The van der Waals surface area contributed by atoms with E-state index in [0.717, 1.165) is 0 Å². The van der Waals surface area contributed by atoms with Crippen LogP contribution in [0.5, 0.6) is 11.5 Å². The SMILES string of the molecule is CNC(C)c1cccc(F)c1Oc1cc(Br)ccc1F. The van der Waals surface area contributed by atoms with Gasteiger partial charge in [0.15, 0.2) is 23.1 Å². The second kappa shape index (κ2) is 6.33. The van der Waals surface area contributed by atoms with E-state index >= 15 is 0 Å². The molecule has 0 aliphatic carbocycles. The van der Waals surface area contributed by atoms with Crippen LogP contribution in [0.15, 0.2) is 40.9 Å². The van der Waals surface area contributed by atoms with Crippen molar-refractivity contribution in [3.05, 3.63) is 58.1 Å². The van der Waals surface area contributed by atoms with E-state index in [2.05, 4.69) is 21.2 Å². The van der Waals surface area contributed by atoms with Crippen LogP contribution < -0.4 is 10.1 Å². The molecule has 0 aromatic heterocycles. The Morgan fingerprint density at radius 1 is 1.15 bits per heavy atom. The predicted molar refractivity (Wildman–Crippen MR) is 78.0 cm³/mol. The zero-order valence-electron chi connectivity index (χ0n) is 11.1. The lowest BCUT2D eigenvalue weighted by atomic mass is 10.1. The van der Waals surface area contributed by atoms with Crippen LogP contribution in [0.4, 0.5) is 8.78 Å². The van der Waals surface area contributed by atoms with Gasteiger partial charge in [0.2, 0.25) is 0 Å². The van der Waals surface area contributed by atoms with Gasteiger partial charge in [0, 0.05) is 16.1 Å². The topological polar surface area (TPSA) is 21.3 Å². The minimum absolute atomic E-state index is 0.0194. The summed E-state index contributed by atoms with van der Waals surface area (Å²) in [5, 5.41) is 3.01. The molecule has 0 saturated carbocycles. The van der Waals surface area contributed by atoms with Crippen molar-refractivity contribution < 1.29 is 13.5 Å². The Bertz CT molecular complexity index is 619. The van der Waals surface area contributed by atoms with E-state index < -0.39 is 11.6 Å². The van der Waals surface area contributed by atoms with Gasteiger partial charge in [-0.05, 0) is 38.2 Å². The van der Waals surface area contributed by atoms with Crippen molar-refractivity contribution >= 4 is 15.9 Å². The molecule has 0 saturated heterocycles. The first-order valence-corrected chi connectivity index (χ1v) is 6.90. The lowest BCUT2D eigenvalue weighted by Gasteiger charge is -2.17. The molecule has 1 atom stereocenters. The van der Waals surface area contributed by atoms with Crippen molar-refractivity contribution in [2.45, 2.75) is 13.0 Å². The standard InChI is InChI=1S/C15H14BrF2NO/c1-9(19-2)11-4-3-5-13(18)15(11)20-14-8-10(16)6-7-12(14)17/h3-9,19H,1-2H3. The predicted octanol–water partition coefficient (Wildman–Crippen LogP) is 4.80. The molecule has 0 aliphatic heterocycles. The maximum Gasteiger partial charge on any atom is 0.167 e. The third kappa shape index (κ3) is 3.16. The fourth-order valence-corrected chi connectivity index (χ4v) is 2.14. The molecule has 0 spiro atoms. The Morgan fingerprint density at radius 3 is 2.60 bits per heavy atom. The second-order valence-corrected chi connectivity index (χ2v) is 5.26. The van der Waals surface area contributed by atoms with Crippen LogP contribution >= 0.6 is 15.9 Å². The van der Waals surface area contributed by atoms with Gasteiger partial charge in [0.1, 0.15) is 0 Å². The number of benzene rings is 2. The summed E-state index contributed by atoms with van der Waals surface area (Å²) >= 11 is 3.24. The van der Waals surface area contributed by atoms with Crippen LogP contribution in [0.3, 0.4) is 0 Å². The summed E-state index contributed by atoms with van der Waals surface area (Å²) in [5.41, 5.74) is 0.631. The molecule has 1 N–H and O–H groups in total. The number of halogens is 3. The van der Waals surface area contributed by atoms with Crippen LogP contribution in [0.1, 0.15) is 18.5 Å². The molecular weight excluding hydrogens is 328 g/mol. The highest BCUT2D eigenvalue weighted by atomic mass is 79.9. The van der Waals surface area contributed by atoms with Gasteiger partial charge in [0.05, 0.1) is 0 Å². The third-order valence-corrected chi connectivity index (χ3v) is 3.50. The van der Waals surface area contributed by atoms with Gasteiger partial charge in [-0.2, -0.15) is 0 Å². The average Bonchev–Trinajstić information content (AvgIpc) is 2.44. The van der Waals surface area contributed by atoms with Gasteiger partial charge < -0.3 is 10.1 Å². The van der Waals surface area contributed by atoms with Gasteiger partial charge >= 0.3 is 0 Å². The van der Waals surface area contributed by atoms with Crippen molar-refractivity contribution in [1.82, 2.24) is 5.32 Å². The Hall–Kier alpha value is -1.46. The van der Waals surface area contributed by atoms with Crippen molar-refractivity contribution in [2.24, 2.45) is 0 Å². The van der Waals surface area contributed by atoms with Crippen molar-refractivity contribution in [1.29, 1.82) is 0 Å². The van der Waals surface area contributed by atoms with Gasteiger partial charge in [-0.15, -0.1) is 0 Å². The number of hydrogen-bond acceptors (Lipinski definition) is 2. The Kier molecular flexibility index (Phi) is 4.73. The summed E-state index contributed by atoms with van der Waals surface area (Å²) in [7, 11) is 1.76. The molecule has 2 aromatic carbocycles. The van der Waals surface area contributed by atoms with E-state index in [0.29, 0.717) is 10.0 Å². The monoisotopic (exact) mass is 341 g/mol. The smallest absolute Gasteiger partial charge is 0.167 e. The number of ether oxygens (including phenoxy) is 1. The minimum atomic E-state index is -0.542. The van der Waals surface area contributed by atoms with Gasteiger partial charge in [0.25, 0.3) is 0 Å². The summed E-state index contributed by atoms with van der Waals surface area (Å²) in [6.45, 7) is 1.87. The second-order valence-electron chi connectivity index (χ2n) is 4.35. The molecule has 2 nitrogen and oxygen atoms in total. The Balaban J connectivity index is 2.45. The fourth-order valence-electron chi connectivity index (χ4n) is 1.80. The van der Waals surface area contributed by atoms with E-state index in [1.807, 2.05) is 6.92 Å². The highest BCUT2D eigenvalue weighted by Crippen LogP contribution is 2.34. The first kappa shape index (κ1) is 14.9. The number of nitrogens with one attached hydrogen (secondary N) is 1. The Morgan fingerprint density at radius 2 is 1.90 bits per heavy atom. The molecule has 5 heteroatoms. The van der Waals surface area contributed by atoms with Crippen LogP contribution in [0.25, 0.3) is 0 Å². The van der Waals surface area contributed by atoms with Gasteiger partial charge in [-0.25, -0.2) is 8.78 Å². The summed E-state index contributed by atoms with van der Waals surface area (Å²) in [5.74, 6) is -1.05. The molecule has 0 bridgehead atoms. The molecule has 2 rings (SSSR count). The molecule has 0 heterocycles. The van der Waals surface area contributed by atoms with Crippen molar-refractivity contribution in [2.75, 3.05) is 7.05 Å². The maximum atomic E-state index is 14.0. The van der Waals surface area contributed by atoms with E-state index in [4.69, 9.17) is 4.74 Å². The molecule has 1 unspecified atom stereocenters. The van der Waals surface area contributed by atoms with Gasteiger partial charge in [-0.1, -0.05) is 28.1 Å². The van der Waals surface area contributed by atoms with E-state index in [9.17, 15) is 8.78 Å². The molecule has 0 amide bonds. The first-order valence-electron chi connectivity index (χ1n) is 6.11. The molecule has 106 valence electrons. The maximum absolute atomic E-state index is 14.0. The lowest BCUT2D eigenvalue weighted by Crippen LogP contribution is -2.13. The summed E-state index contributed by atoms with van der Waals surface area (Å²) in [6.07, 6.45) is 0. The lowest BCUT2D eigenvalue weighted by molar-refractivity contribution is 0.404. The molecule has 0 radical (unpaired) electrons. The largest absolute Gasteiger partial charge is 0.451 e. The Labute approximate surface area is 124 Å². The minimum Gasteiger partial charge on any atom is -0.451 e. The summed E-state index contributed by atoms with van der Waals surface area (Å²) in [4.78, 5) is 0. The number of hydrogen-bond donors (Lipinski definition) is 1. The molecular formula is C15H14BrF2NO. The first-order chi connectivity index (χ1) is 9.52. The molecule has 20 heavy (non-hydrogen) atoms. The third-order valence-electron chi connectivity index (χ3n) is 3.00. The number of para-hydroxylation sites is 1. The zero-order valence-corrected chi connectivity index (χ0v) is 12.7. The van der Waals surface area contributed by atoms with Crippen LogP contribution in [-0.4, -0.2) is 7.05 Å².